The lowest BCUT2D eigenvalue weighted by molar-refractivity contribution is 0.0953. The fraction of sp³-hybridized carbons (Fsp3) is 0.333. The third-order valence-electron chi connectivity index (χ3n) is 6.31. The largest absolute Gasteiger partial charge is 0.497 e. The van der Waals surface area contributed by atoms with Crippen LogP contribution < -0.4 is 14.8 Å². The van der Waals surface area contributed by atoms with Crippen LogP contribution in [0.25, 0.3) is 11.0 Å². The third kappa shape index (κ3) is 6.06. The molecule has 1 N–H and O–H groups in total. The maximum atomic E-state index is 12.4. The first kappa shape index (κ1) is 25.3. The lowest BCUT2D eigenvalue weighted by Gasteiger charge is -2.16. The van der Waals surface area contributed by atoms with Crippen molar-refractivity contribution in [2.45, 2.75) is 46.1 Å². The van der Waals surface area contributed by atoms with E-state index in [1.165, 1.54) is 11.1 Å². The van der Waals surface area contributed by atoms with Crippen LogP contribution in [0.4, 0.5) is 0 Å². The summed E-state index contributed by atoms with van der Waals surface area (Å²) in [4.78, 5) is 17.3. The van der Waals surface area contributed by atoms with Crippen molar-refractivity contribution in [3.05, 3.63) is 89.2 Å². The van der Waals surface area contributed by atoms with E-state index in [4.69, 9.17) is 14.5 Å². The molecule has 0 aliphatic heterocycles. The molecule has 1 heterocycles. The number of nitrogens with one attached hydrogen (secondary N) is 1. The number of carbonyl (C=O) groups excluding carboxylic acids is 1. The zero-order valence-electron chi connectivity index (χ0n) is 21.6. The van der Waals surface area contributed by atoms with Gasteiger partial charge in [-0.1, -0.05) is 38.1 Å². The molecule has 0 fully saturated rings. The fourth-order valence-corrected chi connectivity index (χ4v) is 4.35. The number of aromatic nitrogens is 2. The van der Waals surface area contributed by atoms with Crippen molar-refractivity contribution in [3.8, 4) is 11.5 Å². The van der Waals surface area contributed by atoms with Crippen LogP contribution in [0, 0.1) is 6.92 Å². The smallest absolute Gasteiger partial charge is 0.251 e. The van der Waals surface area contributed by atoms with E-state index in [0.29, 0.717) is 31.2 Å². The highest BCUT2D eigenvalue weighted by Crippen LogP contribution is 2.27. The van der Waals surface area contributed by atoms with Crippen molar-refractivity contribution in [2.75, 3.05) is 20.3 Å². The zero-order valence-corrected chi connectivity index (χ0v) is 21.6. The minimum absolute atomic E-state index is 0.0846. The maximum absolute atomic E-state index is 12.4. The van der Waals surface area contributed by atoms with E-state index in [1.54, 1.807) is 31.4 Å². The standard InChI is InChI=1S/C30H35N3O3/c1-21(2)25-16-11-22(3)20-28(25)36-19-18-33-27-9-6-5-8-26(27)32-29(33)10-7-17-31-30(34)23-12-14-24(35-4)15-13-23/h5-6,8-9,11-16,20-21H,7,10,17-19H2,1-4H3,(H,31,34). The Hall–Kier alpha value is -3.80. The second-order valence-corrected chi connectivity index (χ2v) is 9.30. The quantitative estimate of drug-likeness (QED) is 0.268. The molecule has 0 saturated heterocycles. The molecule has 6 nitrogen and oxygen atoms in total. The van der Waals surface area contributed by atoms with Crippen LogP contribution in [0.15, 0.2) is 66.7 Å². The molecule has 6 heteroatoms. The number of hydrogen-bond donors (Lipinski definition) is 1. The van der Waals surface area contributed by atoms with Crippen LogP contribution in [0.5, 0.6) is 11.5 Å². The topological polar surface area (TPSA) is 65.4 Å². The first-order chi connectivity index (χ1) is 17.5. The highest BCUT2D eigenvalue weighted by Gasteiger charge is 2.13. The number of para-hydroxylation sites is 2. The van der Waals surface area contributed by atoms with Crippen LogP contribution in [-0.2, 0) is 13.0 Å². The average molecular weight is 486 g/mol. The van der Waals surface area contributed by atoms with Crippen molar-refractivity contribution >= 4 is 16.9 Å². The van der Waals surface area contributed by atoms with Gasteiger partial charge in [0.2, 0.25) is 0 Å². The van der Waals surface area contributed by atoms with Crippen LogP contribution in [0.3, 0.4) is 0 Å². The average Bonchev–Trinajstić information content (AvgIpc) is 3.23. The van der Waals surface area contributed by atoms with Gasteiger partial charge in [0.1, 0.15) is 23.9 Å². The fourth-order valence-electron chi connectivity index (χ4n) is 4.35. The summed E-state index contributed by atoms with van der Waals surface area (Å²) in [6.07, 6.45) is 1.56. The Labute approximate surface area is 213 Å². The minimum Gasteiger partial charge on any atom is -0.497 e. The predicted octanol–water partition coefficient (Wildman–Crippen LogP) is 5.92. The number of rotatable bonds is 11. The Morgan fingerprint density at radius 3 is 2.58 bits per heavy atom. The Morgan fingerprint density at radius 1 is 1.06 bits per heavy atom. The molecule has 0 bridgehead atoms. The molecule has 3 aromatic carbocycles. The summed E-state index contributed by atoms with van der Waals surface area (Å²) in [5, 5.41) is 3.01. The van der Waals surface area contributed by atoms with Crippen molar-refractivity contribution in [3.63, 3.8) is 0 Å². The van der Waals surface area contributed by atoms with Gasteiger partial charge in [-0.3, -0.25) is 4.79 Å². The number of imidazole rings is 1. The number of methoxy groups -OCH3 is 1. The number of benzene rings is 3. The van der Waals surface area contributed by atoms with E-state index in [9.17, 15) is 4.79 Å². The van der Waals surface area contributed by atoms with E-state index < -0.39 is 0 Å². The van der Waals surface area contributed by atoms with Gasteiger partial charge in [0.05, 0.1) is 24.7 Å². The van der Waals surface area contributed by atoms with Gasteiger partial charge in [0.15, 0.2) is 0 Å². The van der Waals surface area contributed by atoms with Crippen LogP contribution >= 0.6 is 0 Å². The van der Waals surface area contributed by atoms with Crippen molar-refractivity contribution in [1.29, 1.82) is 0 Å². The minimum atomic E-state index is -0.0846. The van der Waals surface area contributed by atoms with E-state index in [-0.39, 0.29) is 5.91 Å². The maximum Gasteiger partial charge on any atom is 0.251 e. The first-order valence-electron chi connectivity index (χ1n) is 12.6. The summed E-state index contributed by atoms with van der Waals surface area (Å²) >= 11 is 0. The van der Waals surface area contributed by atoms with Crippen molar-refractivity contribution in [1.82, 2.24) is 14.9 Å². The van der Waals surface area contributed by atoms with E-state index in [1.807, 2.05) is 18.2 Å². The lowest BCUT2D eigenvalue weighted by Crippen LogP contribution is -2.25. The van der Waals surface area contributed by atoms with Gasteiger partial charge >= 0.3 is 0 Å². The number of nitrogens with zero attached hydrogens (tertiary/aromatic N) is 2. The highest BCUT2D eigenvalue weighted by atomic mass is 16.5. The highest BCUT2D eigenvalue weighted by molar-refractivity contribution is 5.94. The van der Waals surface area contributed by atoms with E-state index in [0.717, 1.165) is 41.2 Å². The Bertz CT molecular complexity index is 1310. The molecule has 188 valence electrons. The Balaban J connectivity index is 1.38. The molecule has 0 saturated carbocycles. The Kier molecular flexibility index (Phi) is 8.26. The molecular weight excluding hydrogens is 450 g/mol. The van der Waals surface area contributed by atoms with Gasteiger partial charge in [-0.25, -0.2) is 4.98 Å². The van der Waals surface area contributed by atoms with Gasteiger partial charge in [-0.15, -0.1) is 0 Å². The van der Waals surface area contributed by atoms with Gasteiger partial charge in [0, 0.05) is 18.5 Å². The summed E-state index contributed by atoms with van der Waals surface area (Å²) < 4.78 is 13.7. The summed E-state index contributed by atoms with van der Waals surface area (Å²) in [5.74, 6) is 3.01. The second-order valence-electron chi connectivity index (χ2n) is 9.30. The van der Waals surface area contributed by atoms with Crippen LogP contribution in [-0.4, -0.2) is 35.7 Å². The number of aryl methyl sites for hydroxylation is 2. The Morgan fingerprint density at radius 2 is 1.83 bits per heavy atom. The number of fused-ring (bicyclic) bond motifs is 1. The molecule has 0 aliphatic carbocycles. The molecule has 36 heavy (non-hydrogen) atoms. The summed E-state index contributed by atoms with van der Waals surface area (Å²) in [6, 6.07) is 21.7. The van der Waals surface area contributed by atoms with Crippen LogP contribution in [0.2, 0.25) is 0 Å². The monoisotopic (exact) mass is 485 g/mol. The van der Waals surface area contributed by atoms with Crippen molar-refractivity contribution < 1.29 is 14.3 Å². The number of amides is 1. The number of hydrogen-bond acceptors (Lipinski definition) is 4. The molecule has 0 atom stereocenters. The van der Waals surface area contributed by atoms with Crippen LogP contribution in [0.1, 0.15) is 53.5 Å². The van der Waals surface area contributed by atoms with Gasteiger partial charge in [-0.05, 0) is 72.9 Å². The molecule has 0 unspecified atom stereocenters. The van der Waals surface area contributed by atoms with Gasteiger partial charge < -0.3 is 19.4 Å². The molecule has 1 aromatic heterocycles. The number of carbonyl (C=O) groups is 1. The summed E-state index contributed by atoms with van der Waals surface area (Å²) in [7, 11) is 1.61. The molecule has 4 rings (SSSR count). The van der Waals surface area contributed by atoms with Crippen molar-refractivity contribution in [2.24, 2.45) is 0 Å². The van der Waals surface area contributed by atoms with E-state index in [2.05, 4.69) is 54.9 Å². The zero-order chi connectivity index (χ0) is 25.5. The van der Waals surface area contributed by atoms with E-state index >= 15 is 0 Å². The number of ether oxygens (including phenoxy) is 2. The van der Waals surface area contributed by atoms with Gasteiger partial charge in [0.25, 0.3) is 5.91 Å². The molecular formula is C30H35N3O3. The molecule has 0 spiro atoms. The first-order valence-corrected chi connectivity index (χ1v) is 12.6. The molecule has 4 aromatic rings. The second kappa shape index (κ2) is 11.8. The third-order valence-corrected chi connectivity index (χ3v) is 6.31. The molecule has 1 amide bonds. The summed E-state index contributed by atoms with van der Waals surface area (Å²) in [5.41, 5.74) is 5.13. The lowest BCUT2D eigenvalue weighted by atomic mass is 10.0. The van der Waals surface area contributed by atoms with Gasteiger partial charge in [-0.2, -0.15) is 0 Å². The summed E-state index contributed by atoms with van der Waals surface area (Å²) in [6.45, 7) is 8.31. The normalized spacial score (nSPS) is 11.1. The molecule has 0 radical (unpaired) electrons. The molecule has 0 aliphatic rings. The predicted molar refractivity (Wildman–Crippen MR) is 144 cm³/mol. The SMILES string of the molecule is COc1ccc(C(=O)NCCCc2nc3ccccc3n2CCOc2cc(C)ccc2C(C)C)cc1.